The minimum atomic E-state index is -0.383. The van der Waals surface area contributed by atoms with Gasteiger partial charge in [-0.05, 0) is 53.8 Å². The minimum Gasteiger partial charge on any atom is -0.444 e. The number of amides is 1. The van der Waals surface area contributed by atoms with Crippen LogP contribution < -0.4 is 0 Å². The molecule has 16 heavy (non-hydrogen) atoms. The Morgan fingerprint density at radius 2 is 1.94 bits per heavy atom. The smallest absolute Gasteiger partial charge is 0.410 e. The quantitative estimate of drug-likeness (QED) is 0.738. The maximum atomic E-state index is 11.6. The van der Waals surface area contributed by atoms with Gasteiger partial charge in [0.25, 0.3) is 0 Å². The fourth-order valence-corrected chi connectivity index (χ4v) is 1.67. The molecule has 0 radical (unpaired) electrons. The summed E-state index contributed by atoms with van der Waals surface area (Å²) in [6.45, 7) is 8.48. The number of carbonyl (C=O) groups excluding carboxylic acids is 1. The molecule has 4 heteroatoms. The van der Waals surface area contributed by atoms with E-state index in [0.717, 1.165) is 26.1 Å². The Morgan fingerprint density at radius 1 is 1.38 bits per heavy atom. The van der Waals surface area contributed by atoms with E-state index < -0.39 is 0 Å². The van der Waals surface area contributed by atoms with Crippen molar-refractivity contribution >= 4 is 6.09 Å². The molecule has 1 heterocycles. The van der Waals surface area contributed by atoms with E-state index in [-0.39, 0.29) is 11.7 Å². The summed E-state index contributed by atoms with van der Waals surface area (Å²) in [4.78, 5) is 15.6. The Kier molecular flexibility index (Phi) is 4.19. The van der Waals surface area contributed by atoms with Gasteiger partial charge in [0.1, 0.15) is 5.60 Å². The Balaban J connectivity index is 2.18. The summed E-state index contributed by atoms with van der Waals surface area (Å²) in [6, 6.07) is 0. The van der Waals surface area contributed by atoms with Gasteiger partial charge in [-0.3, -0.25) is 0 Å². The van der Waals surface area contributed by atoms with Crippen LogP contribution in [0, 0.1) is 5.92 Å². The van der Waals surface area contributed by atoms with Crippen LogP contribution in [0.4, 0.5) is 4.79 Å². The van der Waals surface area contributed by atoms with Crippen molar-refractivity contribution in [2.24, 2.45) is 5.92 Å². The van der Waals surface area contributed by atoms with E-state index in [0.29, 0.717) is 5.92 Å². The first-order valence-corrected chi connectivity index (χ1v) is 5.90. The van der Waals surface area contributed by atoms with Gasteiger partial charge in [0.15, 0.2) is 0 Å². The predicted octanol–water partition coefficient (Wildman–Crippen LogP) is 1.80. The highest BCUT2D eigenvalue weighted by molar-refractivity contribution is 5.69. The third-order valence-electron chi connectivity index (χ3n) is 2.59. The maximum Gasteiger partial charge on any atom is 0.410 e. The van der Waals surface area contributed by atoms with Gasteiger partial charge in [-0.2, -0.15) is 0 Å². The SMILES string of the molecule is CN(C)CCC1CN(C(=O)OC(C)(C)C)C1. The molecule has 0 atom stereocenters. The normalized spacial score (nSPS) is 17.5. The monoisotopic (exact) mass is 228 g/mol. The van der Waals surface area contributed by atoms with Crippen molar-refractivity contribution in [1.29, 1.82) is 0 Å². The highest BCUT2D eigenvalue weighted by Crippen LogP contribution is 2.21. The van der Waals surface area contributed by atoms with Gasteiger partial charge in [-0.15, -0.1) is 0 Å². The van der Waals surface area contributed by atoms with Crippen LogP contribution in [-0.2, 0) is 4.74 Å². The molecule has 1 rings (SSSR count). The molecule has 1 amide bonds. The Bertz CT molecular complexity index is 240. The number of carbonyl (C=O) groups is 1. The van der Waals surface area contributed by atoms with Gasteiger partial charge >= 0.3 is 6.09 Å². The average Bonchev–Trinajstić information content (AvgIpc) is 1.96. The molecule has 0 spiro atoms. The molecule has 0 aromatic heterocycles. The van der Waals surface area contributed by atoms with Crippen molar-refractivity contribution in [3.05, 3.63) is 0 Å². The van der Waals surface area contributed by atoms with Gasteiger partial charge in [0, 0.05) is 13.1 Å². The topological polar surface area (TPSA) is 32.8 Å². The van der Waals surface area contributed by atoms with Gasteiger partial charge in [0.2, 0.25) is 0 Å². The van der Waals surface area contributed by atoms with Crippen LogP contribution in [0.3, 0.4) is 0 Å². The van der Waals surface area contributed by atoms with Crippen LogP contribution >= 0.6 is 0 Å². The van der Waals surface area contributed by atoms with Gasteiger partial charge in [-0.25, -0.2) is 4.79 Å². The van der Waals surface area contributed by atoms with E-state index in [4.69, 9.17) is 4.74 Å². The van der Waals surface area contributed by atoms with E-state index >= 15 is 0 Å². The van der Waals surface area contributed by atoms with E-state index in [9.17, 15) is 4.79 Å². The van der Waals surface area contributed by atoms with Crippen molar-refractivity contribution in [1.82, 2.24) is 9.80 Å². The van der Waals surface area contributed by atoms with Crippen LogP contribution in [0.15, 0.2) is 0 Å². The maximum absolute atomic E-state index is 11.6. The van der Waals surface area contributed by atoms with Crippen LogP contribution in [0.25, 0.3) is 0 Å². The molecule has 1 aliphatic heterocycles. The summed E-state index contributed by atoms with van der Waals surface area (Å²) in [5.74, 6) is 0.648. The van der Waals surface area contributed by atoms with Crippen molar-refractivity contribution in [3.8, 4) is 0 Å². The highest BCUT2D eigenvalue weighted by Gasteiger charge is 2.33. The number of ether oxygens (including phenoxy) is 1. The Labute approximate surface area is 98.5 Å². The predicted molar refractivity (Wildman–Crippen MR) is 64.5 cm³/mol. The summed E-state index contributed by atoms with van der Waals surface area (Å²) in [5.41, 5.74) is -0.383. The molecule has 0 unspecified atom stereocenters. The Hall–Kier alpha value is -0.770. The Morgan fingerprint density at radius 3 is 2.38 bits per heavy atom. The van der Waals surface area contributed by atoms with Gasteiger partial charge in [0.05, 0.1) is 0 Å². The number of nitrogens with zero attached hydrogens (tertiary/aromatic N) is 2. The summed E-state index contributed by atoms with van der Waals surface area (Å²) in [6.07, 6.45) is 0.986. The zero-order chi connectivity index (χ0) is 12.3. The summed E-state index contributed by atoms with van der Waals surface area (Å²) < 4.78 is 5.29. The first-order chi connectivity index (χ1) is 7.28. The largest absolute Gasteiger partial charge is 0.444 e. The molecule has 0 aromatic carbocycles. The summed E-state index contributed by atoms with van der Waals surface area (Å²) in [7, 11) is 4.15. The molecule has 0 aromatic rings. The first kappa shape index (κ1) is 13.3. The third-order valence-corrected chi connectivity index (χ3v) is 2.59. The molecule has 0 aliphatic carbocycles. The minimum absolute atomic E-state index is 0.173. The molecule has 1 saturated heterocycles. The molecule has 94 valence electrons. The molecule has 0 saturated carbocycles. The second kappa shape index (κ2) is 5.04. The van der Waals surface area contributed by atoms with E-state index in [1.807, 2.05) is 20.8 Å². The molecule has 1 fully saturated rings. The van der Waals surface area contributed by atoms with E-state index in [2.05, 4.69) is 19.0 Å². The third kappa shape index (κ3) is 4.39. The first-order valence-electron chi connectivity index (χ1n) is 5.90. The van der Waals surface area contributed by atoms with Gasteiger partial charge in [-0.1, -0.05) is 0 Å². The van der Waals surface area contributed by atoms with E-state index in [1.165, 1.54) is 0 Å². The second-order valence-electron chi connectivity index (χ2n) is 5.84. The standard InChI is InChI=1S/C12H24N2O2/c1-12(2,3)16-11(15)14-8-10(9-14)6-7-13(4)5/h10H,6-9H2,1-5H3. The van der Waals surface area contributed by atoms with Crippen molar-refractivity contribution in [2.45, 2.75) is 32.8 Å². The van der Waals surface area contributed by atoms with Crippen LogP contribution in [-0.4, -0.2) is 55.2 Å². The zero-order valence-corrected chi connectivity index (χ0v) is 11.1. The molecule has 0 N–H and O–H groups in total. The molecule has 0 bridgehead atoms. The second-order valence-corrected chi connectivity index (χ2v) is 5.84. The lowest BCUT2D eigenvalue weighted by atomic mass is 9.97. The van der Waals surface area contributed by atoms with Crippen molar-refractivity contribution in [3.63, 3.8) is 0 Å². The number of hydrogen-bond acceptors (Lipinski definition) is 3. The van der Waals surface area contributed by atoms with Crippen molar-refractivity contribution in [2.75, 3.05) is 33.7 Å². The zero-order valence-electron chi connectivity index (χ0n) is 11.1. The number of hydrogen-bond donors (Lipinski definition) is 0. The summed E-state index contributed by atoms with van der Waals surface area (Å²) >= 11 is 0. The number of rotatable bonds is 3. The molecule has 4 nitrogen and oxygen atoms in total. The highest BCUT2D eigenvalue weighted by atomic mass is 16.6. The van der Waals surface area contributed by atoms with Crippen LogP contribution in [0.1, 0.15) is 27.2 Å². The van der Waals surface area contributed by atoms with Crippen LogP contribution in [0.2, 0.25) is 0 Å². The lowest BCUT2D eigenvalue weighted by Gasteiger charge is -2.40. The van der Waals surface area contributed by atoms with Crippen LogP contribution in [0.5, 0.6) is 0 Å². The molecule has 1 aliphatic rings. The fourth-order valence-electron chi connectivity index (χ4n) is 1.67. The van der Waals surface area contributed by atoms with Gasteiger partial charge < -0.3 is 14.5 Å². The summed E-state index contributed by atoms with van der Waals surface area (Å²) in [5, 5.41) is 0. The molecular formula is C12H24N2O2. The van der Waals surface area contributed by atoms with Crippen molar-refractivity contribution < 1.29 is 9.53 Å². The lowest BCUT2D eigenvalue weighted by molar-refractivity contribution is -0.00285. The lowest BCUT2D eigenvalue weighted by Crippen LogP contribution is -2.52. The number of likely N-dealkylation sites (tertiary alicyclic amines) is 1. The van der Waals surface area contributed by atoms with E-state index in [1.54, 1.807) is 4.90 Å². The fraction of sp³-hybridized carbons (Fsp3) is 0.917. The average molecular weight is 228 g/mol. The molecular weight excluding hydrogens is 204 g/mol.